The van der Waals surface area contributed by atoms with Crippen molar-refractivity contribution in [2.45, 2.75) is 32.8 Å². The molecule has 2 rings (SSSR count). The molecule has 2 aromatic carbocycles. The molecule has 0 bridgehead atoms. The number of halogens is 2. The number of methoxy groups -OCH3 is 1. The fraction of sp³-hybridized carbons (Fsp3) is 0.417. The first-order valence-electron chi connectivity index (χ1n) is 10.5. The molecule has 0 saturated heterocycles. The van der Waals surface area contributed by atoms with Crippen LogP contribution in [-0.4, -0.2) is 44.0 Å². The zero-order valence-corrected chi connectivity index (χ0v) is 20.0. The molecule has 174 valence electrons. The van der Waals surface area contributed by atoms with Crippen LogP contribution in [0.2, 0.25) is 0 Å². The molecule has 0 aromatic heterocycles. The van der Waals surface area contributed by atoms with Crippen molar-refractivity contribution in [2.24, 2.45) is 0 Å². The number of anilines is 2. The molecule has 2 aromatic rings. The van der Waals surface area contributed by atoms with Gasteiger partial charge in [0.2, 0.25) is 0 Å². The Morgan fingerprint density at radius 1 is 1.03 bits per heavy atom. The van der Waals surface area contributed by atoms with Gasteiger partial charge in [-0.25, -0.2) is 4.79 Å². The summed E-state index contributed by atoms with van der Waals surface area (Å²) in [6, 6.07) is 13.4. The van der Waals surface area contributed by atoms with E-state index in [0.717, 1.165) is 22.4 Å². The first kappa shape index (κ1) is 25.8. The number of nitrogens with one attached hydrogen (secondary N) is 1. The minimum Gasteiger partial charge on any atom is -0.469 e. The molecule has 0 radical (unpaired) electrons. The first-order valence-corrected chi connectivity index (χ1v) is 11.6. The summed E-state index contributed by atoms with van der Waals surface area (Å²) in [4.78, 5) is 26.3. The van der Waals surface area contributed by atoms with Gasteiger partial charge in [-0.2, -0.15) is 0 Å². The summed E-state index contributed by atoms with van der Waals surface area (Å²) in [6.07, 6.45) is 0.894. The van der Waals surface area contributed by atoms with Crippen LogP contribution in [0.25, 0.3) is 0 Å². The van der Waals surface area contributed by atoms with Crippen LogP contribution in [0.1, 0.15) is 29.5 Å². The molecule has 8 heteroatoms. The lowest BCUT2D eigenvalue weighted by Gasteiger charge is -2.28. The van der Waals surface area contributed by atoms with Crippen molar-refractivity contribution in [1.29, 1.82) is 0 Å². The lowest BCUT2D eigenvalue weighted by Crippen LogP contribution is -2.29. The van der Waals surface area contributed by atoms with Gasteiger partial charge in [0.15, 0.2) is 0 Å². The second-order valence-electron chi connectivity index (χ2n) is 7.24. The summed E-state index contributed by atoms with van der Waals surface area (Å²) < 4.78 is 10.2. The van der Waals surface area contributed by atoms with E-state index in [1.807, 2.05) is 49.4 Å². The van der Waals surface area contributed by atoms with Gasteiger partial charge in [-0.1, -0.05) is 36.4 Å². The van der Waals surface area contributed by atoms with Crippen LogP contribution in [0, 0.1) is 6.92 Å². The van der Waals surface area contributed by atoms with Crippen molar-refractivity contribution in [3.8, 4) is 0 Å². The number of hydrogen-bond donors (Lipinski definition) is 1. The number of alkyl halides is 2. The molecule has 32 heavy (non-hydrogen) atoms. The predicted octanol–water partition coefficient (Wildman–Crippen LogP) is 5.52. The largest absolute Gasteiger partial charge is 0.469 e. The predicted molar refractivity (Wildman–Crippen MR) is 130 cm³/mol. The lowest BCUT2D eigenvalue weighted by molar-refractivity contribution is -0.140. The average molecular weight is 481 g/mol. The number of aryl methyl sites for hydroxylation is 1. The van der Waals surface area contributed by atoms with E-state index in [1.165, 1.54) is 7.11 Å². The number of nitrogens with zero attached hydrogens (tertiary/aromatic N) is 1. The zero-order valence-electron chi connectivity index (χ0n) is 18.5. The van der Waals surface area contributed by atoms with Crippen molar-refractivity contribution < 1.29 is 19.1 Å². The van der Waals surface area contributed by atoms with Crippen molar-refractivity contribution >= 4 is 46.6 Å². The van der Waals surface area contributed by atoms with E-state index in [2.05, 4.69) is 10.2 Å². The Bertz CT molecular complexity index is 872. The van der Waals surface area contributed by atoms with Gasteiger partial charge in [0.25, 0.3) is 0 Å². The summed E-state index contributed by atoms with van der Waals surface area (Å²) in [7, 11) is 1.37. The third-order valence-electron chi connectivity index (χ3n) is 5.02. The molecule has 0 aliphatic carbocycles. The Morgan fingerprint density at radius 3 is 2.34 bits per heavy atom. The fourth-order valence-corrected chi connectivity index (χ4v) is 3.81. The monoisotopic (exact) mass is 480 g/mol. The van der Waals surface area contributed by atoms with E-state index >= 15 is 0 Å². The molecule has 0 unspecified atom stereocenters. The summed E-state index contributed by atoms with van der Waals surface area (Å²) >= 11 is 12.0. The third kappa shape index (κ3) is 7.92. The Labute approximate surface area is 199 Å². The van der Waals surface area contributed by atoms with Crippen molar-refractivity contribution in [3.63, 3.8) is 0 Å². The first-order chi connectivity index (χ1) is 15.5. The molecule has 0 fully saturated rings. The summed E-state index contributed by atoms with van der Waals surface area (Å²) in [5, 5.41) is 2.91. The third-order valence-corrected chi connectivity index (χ3v) is 5.36. The number of carbonyl (C=O) groups excluding carboxylic acids is 2. The van der Waals surface area contributed by atoms with Crippen molar-refractivity contribution in [3.05, 3.63) is 59.2 Å². The maximum Gasteiger partial charge on any atom is 0.411 e. The van der Waals surface area contributed by atoms with Gasteiger partial charge in [-0.15, -0.1) is 23.2 Å². The smallest absolute Gasteiger partial charge is 0.411 e. The molecule has 0 atom stereocenters. The van der Waals surface area contributed by atoms with E-state index in [4.69, 9.17) is 32.7 Å². The van der Waals surface area contributed by atoms with Crippen LogP contribution in [0.15, 0.2) is 42.5 Å². The summed E-state index contributed by atoms with van der Waals surface area (Å²) in [5.41, 5.74) is 4.33. The highest BCUT2D eigenvalue weighted by molar-refractivity contribution is 6.18. The molecule has 1 N–H and O–H groups in total. The molecule has 6 nitrogen and oxygen atoms in total. The number of rotatable bonds is 12. The second kappa shape index (κ2) is 13.9. The Balaban J connectivity index is 2.27. The molecule has 0 saturated carbocycles. The number of ether oxygens (including phenoxy) is 2. The normalized spacial score (nSPS) is 10.5. The Kier molecular flexibility index (Phi) is 11.2. The average Bonchev–Trinajstić information content (AvgIpc) is 2.80. The van der Waals surface area contributed by atoms with Gasteiger partial charge < -0.3 is 14.4 Å². The molecular weight excluding hydrogens is 451 g/mol. The van der Waals surface area contributed by atoms with Gasteiger partial charge in [-0.05, 0) is 42.5 Å². The van der Waals surface area contributed by atoms with Crippen molar-refractivity contribution in [2.75, 3.05) is 42.2 Å². The maximum absolute atomic E-state index is 12.6. The van der Waals surface area contributed by atoms with E-state index in [9.17, 15) is 9.59 Å². The van der Waals surface area contributed by atoms with Crippen LogP contribution in [-0.2, 0) is 27.3 Å². The van der Waals surface area contributed by atoms with Gasteiger partial charge in [0.05, 0.1) is 12.8 Å². The molecule has 0 aliphatic rings. The number of amides is 1. The topological polar surface area (TPSA) is 67.9 Å². The maximum atomic E-state index is 12.6. The summed E-state index contributed by atoms with van der Waals surface area (Å²) in [6.45, 7) is 3.32. The van der Waals surface area contributed by atoms with Gasteiger partial charge in [0.1, 0.15) is 6.61 Å². The molecule has 0 aliphatic heterocycles. The number of benzene rings is 2. The van der Waals surface area contributed by atoms with E-state index < -0.39 is 6.09 Å². The minimum absolute atomic E-state index is 0.174. The fourth-order valence-electron chi connectivity index (χ4n) is 3.41. The summed E-state index contributed by atoms with van der Waals surface area (Å²) in [5.74, 6) is 0.608. The van der Waals surface area contributed by atoms with Crippen LogP contribution >= 0.6 is 23.2 Å². The quantitative estimate of drug-likeness (QED) is 0.319. The Hall–Kier alpha value is -2.44. The standard InChI is InChI=1S/C24H30Cl2N2O4/c1-18-11-12-21(28(15-13-25)16-14-26)20(9-6-10-22(29)31-2)23(18)27-24(30)32-17-19-7-4-3-5-8-19/h3-5,7-8,11-12H,6,9-10,13-17H2,1-2H3,(H,27,30). The highest BCUT2D eigenvalue weighted by atomic mass is 35.5. The molecule has 0 heterocycles. The lowest BCUT2D eigenvalue weighted by atomic mass is 9.99. The van der Waals surface area contributed by atoms with E-state index in [0.29, 0.717) is 43.4 Å². The minimum atomic E-state index is -0.537. The van der Waals surface area contributed by atoms with Gasteiger partial charge >= 0.3 is 12.1 Å². The highest BCUT2D eigenvalue weighted by Crippen LogP contribution is 2.33. The highest BCUT2D eigenvalue weighted by Gasteiger charge is 2.19. The van der Waals surface area contributed by atoms with Crippen LogP contribution in [0.4, 0.5) is 16.2 Å². The van der Waals surface area contributed by atoms with E-state index in [-0.39, 0.29) is 19.0 Å². The molecule has 0 spiro atoms. The van der Waals surface area contributed by atoms with Crippen molar-refractivity contribution in [1.82, 2.24) is 0 Å². The molecule has 1 amide bonds. The van der Waals surface area contributed by atoms with Gasteiger partial charge in [-0.3, -0.25) is 10.1 Å². The van der Waals surface area contributed by atoms with Crippen LogP contribution < -0.4 is 10.2 Å². The number of esters is 1. The zero-order chi connectivity index (χ0) is 23.3. The SMILES string of the molecule is COC(=O)CCCc1c(N(CCCl)CCCl)ccc(C)c1NC(=O)OCc1ccccc1. The van der Waals surface area contributed by atoms with Gasteiger partial charge in [0, 0.05) is 37.0 Å². The Morgan fingerprint density at radius 2 is 1.72 bits per heavy atom. The number of hydrogen-bond acceptors (Lipinski definition) is 5. The molecular formula is C24H30Cl2N2O4. The van der Waals surface area contributed by atoms with Crippen LogP contribution in [0.5, 0.6) is 0 Å². The number of carbonyl (C=O) groups is 2. The second-order valence-corrected chi connectivity index (χ2v) is 7.99. The van der Waals surface area contributed by atoms with E-state index in [1.54, 1.807) is 0 Å². The van der Waals surface area contributed by atoms with Crippen LogP contribution in [0.3, 0.4) is 0 Å².